The van der Waals surface area contributed by atoms with E-state index in [0.717, 1.165) is 11.1 Å². The first-order valence-corrected chi connectivity index (χ1v) is 9.30. The molecular weight excluding hydrogens is 372 g/mol. The Bertz CT molecular complexity index is 1020. The van der Waals surface area contributed by atoms with E-state index >= 15 is 0 Å². The molecule has 1 aromatic heterocycles. The van der Waals surface area contributed by atoms with Crippen LogP contribution in [-0.2, 0) is 11.3 Å². The summed E-state index contributed by atoms with van der Waals surface area (Å²) in [5.74, 6) is 0.541. The molecule has 0 radical (unpaired) electrons. The van der Waals surface area contributed by atoms with Gasteiger partial charge in [-0.05, 0) is 38.5 Å². The van der Waals surface area contributed by atoms with Crippen LogP contribution in [0, 0.1) is 0 Å². The van der Waals surface area contributed by atoms with Crippen molar-refractivity contribution in [1.29, 1.82) is 0 Å². The van der Waals surface area contributed by atoms with Crippen LogP contribution in [0.3, 0.4) is 0 Å². The molecule has 1 aliphatic rings. The van der Waals surface area contributed by atoms with E-state index in [1.807, 2.05) is 17.1 Å². The second kappa shape index (κ2) is 7.66. The molecule has 0 unspecified atom stereocenters. The predicted octanol–water partition coefficient (Wildman–Crippen LogP) is 3.13. The Morgan fingerprint density at radius 2 is 1.83 bits per heavy atom. The third kappa shape index (κ3) is 3.99. The smallest absolute Gasteiger partial charge is 0.344 e. The number of carbonyl (C=O) groups is 1. The Morgan fingerprint density at radius 3 is 2.41 bits per heavy atom. The number of hydrogen-bond acceptors (Lipinski definition) is 6. The van der Waals surface area contributed by atoms with E-state index in [1.54, 1.807) is 45.7 Å². The van der Waals surface area contributed by atoms with Crippen LogP contribution >= 0.6 is 0 Å². The van der Waals surface area contributed by atoms with Crippen molar-refractivity contribution in [2.45, 2.75) is 32.9 Å². The van der Waals surface area contributed by atoms with Gasteiger partial charge in [-0.1, -0.05) is 6.08 Å². The van der Waals surface area contributed by atoms with E-state index in [4.69, 9.17) is 14.2 Å². The second-order valence-electron chi connectivity index (χ2n) is 7.78. The van der Waals surface area contributed by atoms with Gasteiger partial charge in [0.2, 0.25) is 0 Å². The van der Waals surface area contributed by atoms with Gasteiger partial charge in [-0.15, -0.1) is 6.58 Å². The fourth-order valence-corrected chi connectivity index (χ4v) is 3.31. The molecule has 0 saturated carbocycles. The van der Waals surface area contributed by atoms with Gasteiger partial charge in [-0.3, -0.25) is 9.47 Å². The van der Waals surface area contributed by atoms with Crippen molar-refractivity contribution in [3.63, 3.8) is 0 Å². The van der Waals surface area contributed by atoms with Crippen LogP contribution in [0.1, 0.15) is 36.7 Å². The van der Waals surface area contributed by atoms with Gasteiger partial charge in [0.05, 0.1) is 33.0 Å². The van der Waals surface area contributed by atoms with Crippen LogP contribution in [0.15, 0.2) is 41.8 Å². The van der Waals surface area contributed by atoms with Gasteiger partial charge >= 0.3 is 5.97 Å². The van der Waals surface area contributed by atoms with Crippen molar-refractivity contribution >= 4 is 5.97 Å². The molecule has 154 valence electrons. The Labute approximate surface area is 170 Å². The van der Waals surface area contributed by atoms with Crippen LogP contribution < -0.4 is 19.9 Å². The zero-order chi connectivity index (χ0) is 21.3. The lowest BCUT2D eigenvalue weighted by Gasteiger charge is -2.35. The lowest BCUT2D eigenvalue weighted by Crippen LogP contribution is -2.40. The minimum absolute atomic E-state index is 0.0123. The fraction of sp³-hybridized carbons (Fsp3) is 0.364. The molecule has 0 N–H and O–H groups in total. The number of methoxy groups -OCH3 is 2. The van der Waals surface area contributed by atoms with Gasteiger partial charge in [0.25, 0.3) is 0 Å². The largest absolute Gasteiger partial charge is 0.493 e. The average molecular weight is 398 g/mol. The van der Waals surface area contributed by atoms with Crippen LogP contribution in [0.25, 0.3) is 11.3 Å². The predicted molar refractivity (Wildman–Crippen MR) is 111 cm³/mol. The summed E-state index contributed by atoms with van der Waals surface area (Å²) in [7, 11) is 3.15. The molecule has 1 aromatic carbocycles. The number of rotatable bonds is 5. The van der Waals surface area contributed by atoms with E-state index in [2.05, 4.69) is 6.58 Å². The number of carbonyl (C=O) groups excluding carboxylic acids is 1. The first kappa shape index (κ1) is 20.5. The van der Waals surface area contributed by atoms with Gasteiger partial charge in [0.15, 0.2) is 16.9 Å². The van der Waals surface area contributed by atoms with Crippen LogP contribution in [0.2, 0.25) is 0 Å². The number of benzene rings is 1. The molecule has 0 aliphatic carbocycles. The minimum atomic E-state index is -0.693. The summed E-state index contributed by atoms with van der Waals surface area (Å²) in [5.41, 5.74) is 1.38. The molecule has 3 rings (SSSR count). The molecule has 0 bridgehead atoms. The highest BCUT2D eigenvalue weighted by Gasteiger charge is 2.27. The molecule has 0 spiro atoms. The third-order valence-electron chi connectivity index (χ3n) is 4.53. The maximum Gasteiger partial charge on any atom is 0.344 e. The van der Waals surface area contributed by atoms with Crippen molar-refractivity contribution in [2.75, 3.05) is 25.8 Å². The molecule has 0 amide bonds. The summed E-state index contributed by atoms with van der Waals surface area (Å²) in [5, 5.41) is 1.98. The molecular formula is C22H26N2O5. The summed E-state index contributed by atoms with van der Waals surface area (Å²) >= 11 is 0. The number of ether oxygens (including phenoxy) is 3. The first-order valence-electron chi connectivity index (χ1n) is 9.30. The van der Waals surface area contributed by atoms with Gasteiger partial charge in [-0.2, -0.15) is 0 Å². The van der Waals surface area contributed by atoms with E-state index in [0.29, 0.717) is 30.3 Å². The van der Waals surface area contributed by atoms with Gasteiger partial charge in [0, 0.05) is 17.8 Å². The van der Waals surface area contributed by atoms with Gasteiger partial charge in [0.1, 0.15) is 11.2 Å². The molecule has 0 atom stereocenters. The molecule has 7 nitrogen and oxygen atoms in total. The van der Waals surface area contributed by atoms with Crippen molar-refractivity contribution in [3.8, 4) is 22.8 Å². The topological polar surface area (TPSA) is 70.0 Å². The van der Waals surface area contributed by atoms with E-state index < -0.39 is 17.0 Å². The lowest BCUT2D eigenvalue weighted by molar-refractivity contribution is 0.00671. The summed E-state index contributed by atoms with van der Waals surface area (Å²) in [4.78, 5) is 25.3. The highest BCUT2D eigenvalue weighted by molar-refractivity contribution is 5.90. The standard InChI is InChI=1S/C22H26N2O5/c1-7-8-23-12-14-9-19(27-5)20(28-6)10-15(14)17-11-18(25)16(13-24(17)23)21(26)29-22(2,3)4/h7,9-11,13H,1,8,12H2,2-6H3. The van der Waals surface area contributed by atoms with E-state index in [1.165, 1.54) is 12.3 Å². The summed E-state index contributed by atoms with van der Waals surface area (Å²) in [6, 6.07) is 5.21. The molecule has 2 aromatic rings. The number of aromatic nitrogens is 1. The number of nitrogens with zero attached hydrogens (tertiary/aromatic N) is 2. The maximum atomic E-state index is 12.8. The van der Waals surface area contributed by atoms with Crippen LogP contribution in [-0.4, -0.2) is 37.0 Å². The number of esters is 1. The zero-order valence-electron chi connectivity index (χ0n) is 17.4. The second-order valence-corrected chi connectivity index (χ2v) is 7.78. The molecule has 0 fully saturated rings. The summed E-state index contributed by atoms with van der Waals surface area (Å²) in [6.45, 7) is 10.2. The van der Waals surface area contributed by atoms with E-state index in [-0.39, 0.29) is 5.56 Å². The van der Waals surface area contributed by atoms with Gasteiger partial charge in [-0.25, -0.2) is 4.79 Å². The third-order valence-corrected chi connectivity index (χ3v) is 4.53. The van der Waals surface area contributed by atoms with Crippen molar-refractivity contribution in [1.82, 2.24) is 4.68 Å². The molecule has 2 heterocycles. The normalized spacial score (nSPS) is 12.7. The summed E-state index contributed by atoms with van der Waals surface area (Å²) < 4.78 is 18.0. The Kier molecular flexibility index (Phi) is 5.42. The van der Waals surface area contributed by atoms with Crippen LogP contribution in [0.5, 0.6) is 11.5 Å². The highest BCUT2D eigenvalue weighted by atomic mass is 16.6. The Morgan fingerprint density at radius 1 is 1.17 bits per heavy atom. The van der Waals surface area contributed by atoms with Gasteiger partial charge < -0.3 is 19.2 Å². The molecule has 0 saturated heterocycles. The SMILES string of the molecule is C=CCN1Cc2cc(OC)c(OC)cc2-c2cc(=O)c(C(=O)OC(C)(C)C)cn21. The number of hydrogen-bond donors (Lipinski definition) is 0. The first-order chi connectivity index (χ1) is 13.7. The maximum absolute atomic E-state index is 12.8. The quantitative estimate of drug-likeness (QED) is 0.569. The number of fused-ring (bicyclic) bond motifs is 3. The van der Waals surface area contributed by atoms with Crippen molar-refractivity contribution < 1.29 is 19.0 Å². The molecule has 29 heavy (non-hydrogen) atoms. The fourth-order valence-electron chi connectivity index (χ4n) is 3.31. The number of pyridine rings is 1. The molecule has 1 aliphatic heterocycles. The Balaban J connectivity index is 2.19. The minimum Gasteiger partial charge on any atom is -0.493 e. The molecule has 7 heteroatoms. The monoisotopic (exact) mass is 398 g/mol. The van der Waals surface area contributed by atoms with E-state index in [9.17, 15) is 9.59 Å². The lowest BCUT2D eigenvalue weighted by atomic mass is 9.99. The zero-order valence-corrected chi connectivity index (χ0v) is 17.4. The van der Waals surface area contributed by atoms with Crippen LogP contribution in [0.4, 0.5) is 0 Å². The van der Waals surface area contributed by atoms with Crippen molar-refractivity contribution in [3.05, 3.63) is 58.4 Å². The highest BCUT2D eigenvalue weighted by Crippen LogP contribution is 2.38. The van der Waals surface area contributed by atoms with Crippen molar-refractivity contribution in [2.24, 2.45) is 0 Å². The average Bonchev–Trinajstić information content (AvgIpc) is 2.65. The Hall–Kier alpha value is -3.22. The summed E-state index contributed by atoms with van der Waals surface area (Å²) in [6.07, 6.45) is 3.30.